The van der Waals surface area contributed by atoms with Crippen molar-refractivity contribution in [1.82, 2.24) is 4.98 Å². The van der Waals surface area contributed by atoms with Gasteiger partial charge in [-0.2, -0.15) is 0 Å². The third-order valence-electron chi connectivity index (χ3n) is 4.98. The van der Waals surface area contributed by atoms with Crippen LogP contribution in [0.5, 0.6) is 0 Å². The van der Waals surface area contributed by atoms with Gasteiger partial charge in [0.05, 0.1) is 5.69 Å². The first kappa shape index (κ1) is 20.6. The summed E-state index contributed by atoms with van der Waals surface area (Å²) in [6.07, 6.45) is 4.12. The summed E-state index contributed by atoms with van der Waals surface area (Å²) in [6.45, 7) is 18.2. The summed E-state index contributed by atoms with van der Waals surface area (Å²) in [5.74, 6) is 0. The molecule has 0 aliphatic rings. The molecule has 3 rings (SSSR count). The van der Waals surface area contributed by atoms with Gasteiger partial charge in [0.25, 0.3) is 0 Å². The van der Waals surface area contributed by atoms with Crippen molar-refractivity contribution >= 4 is 10.8 Å². The second kappa shape index (κ2) is 7.35. The Bertz CT molecular complexity index is 977. The van der Waals surface area contributed by atoms with Crippen LogP contribution in [0.4, 0.5) is 0 Å². The molecule has 148 valence electrons. The smallest absolute Gasteiger partial charge is 0.0780 e. The molecule has 0 saturated carbocycles. The quantitative estimate of drug-likeness (QED) is 0.458. The molecule has 0 unspecified atom stereocenters. The van der Waals surface area contributed by atoms with Crippen LogP contribution in [0.25, 0.3) is 22.0 Å². The molecule has 0 radical (unpaired) electrons. The third kappa shape index (κ3) is 5.01. The van der Waals surface area contributed by atoms with Gasteiger partial charge in [0, 0.05) is 17.1 Å². The maximum Gasteiger partial charge on any atom is 0.0780 e. The minimum atomic E-state index is 0.247. The van der Waals surface area contributed by atoms with E-state index in [2.05, 4.69) is 91.8 Å². The van der Waals surface area contributed by atoms with Crippen molar-refractivity contribution in [3.63, 3.8) is 0 Å². The summed E-state index contributed by atoms with van der Waals surface area (Å²) in [6, 6.07) is 13.8. The summed E-state index contributed by atoms with van der Waals surface area (Å²) in [7, 11) is 0. The minimum absolute atomic E-state index is 0.247. The van der Waals surface area contributed by atoms with Crippen molar-refractivity contribution in [3.8, 4) is 11.3 Å². The van der Waals surface area contributed by atoms with E-state index in [1.807, 2.05) is 6.20 Å². The molecule has 0 fully saturated rings. The Morgan fingerprint density at radius 1 is 0.714 bits per heavy atom. The Morgan fingerprint density at radius 3 is 1.89 bits per heavy atom. The standard InChI is InChI=1S/C27H35N/c1-18-11-19(2)13-21(12-18)25-24-15-20(16-26(3,4)5)14-22(17-27(6,7)8)23(24)9-10-28-25/h9-15H,16-17H2,1-8H3. The lowest BCUT2D eigenvalue weighted by molar-refractivity contribution is 0.407. The van der Waals surface area contributed by atoms with Crippen LogP contribution < -0.4 is 0 Å². The maximum atomic E-state index is 4.83. The summed E-state index contributed by atoms with van der Waals surface area (Å²) < 4.78 is 0. The highest BCUT2D eigenvalue weighted by atomic mass is 14.7. The molecule has 0 amide bonds. The Balaban J connectivity index is 2.28. The van der Waals surface area contributed by atoms with E-state index in [1.54, 1.807) is 0 Å². The topological polar surface area (TPSA) is 12.9 Å². The predicted octanol–water partition coefficient (Wildman–Crippen LogP) is 7.70. The molecular weight excluding hydrogens is 338 g/mol. The minimum Gasteiger partial charge on any atom is -0.256 e. The van der Waals surface area contributed by atoms with E-state index in [1.165, 1.54) is 38.6 Å². The van der Waals surface area contributed by atoms with Crippen LogP contribution in [0.3, 0.4) is 0 Å². The molecule has 2 aromatic carbocycles. The summed E-state index contributed by atoms with van der Waals surface area (Å²) >= 11 is 0. The highest BCUT2D eigenvalue weighted by molar-refractivity contribution is 5.97. The molecule has 0 aliphatic heterocycles. The zero-order valence-electron chi connectivity index (χ0n) is 18.9. The van der Waals surface area contributed by atoms with Crippen LogP contribution in [-0.2, 0) is 12.8 Å². The van der Waals surface area contributed by atoms with Gasteiger partial charge in [-0.15, -0.1) is 0 Å². The SMILES string of the molecule is Cc1cc(C)cc(-c2nccc3c(CC(C)(C)C)cc(CC(C)(C)C)cc23)c1. The first-order chi connectivity index (χ1) is 12.9. The van der Waals surface area contributed by atoms with E-state index in [0.717, 1.165) is 18.5 Å². The molecule has 0 atom stereocenters. The highest BCUT2D eigenvalue weighted by Crippen LogP contribution is 2.35. The van der Waals surface area contributed by atoms with E-state index in [4.69, 9.17) is 4.98 Å². The average Bonchev–Trinajstić information content (AvgIpc) is 2.50. The van der Waals surface area contributed by atoms with Crippen molar-refractivity contribution in [2.45, 2.75) is 68.2 Å². The third-order valence-corrected chi connectivity index (χ3v) is 4.98. The van der Waals surface area contributed by atoms with Gasteiger partial charge in [-0.3, -0.25) is 4.98 Å². The van der Waals surface area contributed by atoms with Crippen molar-refractivity contribution in [2.75, 3.05) is 0 Å². The number of hydrogen-bond donors (Lipinski definition) is 0. The van der Waals surface area contributed by atoms with E-state index >= 15 is 0 Å². The number of hydrogen-bond acceptors (Lipinski definition) is 1. The van der Waals surface area contributed by atoms with E-state index < -0.39 is 0 Å². The summed E-state index contributed by atoms with van der Waals surface area (Å²) in [4.78, 5) is 4.83. The zero-order chi connectivity index (χ0) is 20.7. The molecule has 28 heavy (non-hydrogen) atoms. The summed E-state index contributed by atoms with van der Waals surface area (Å²) in [5, 5.41) is 2.63. The van der Waals surface area contributed by atoms with Gasteiger partial charge in [-0.05, 0) is 78.3 Å². The lowest BCUT2D eigenvalue weighted by Crippen LogP contribution is -2.12. The number of rotatable bonds is 3. The Hall–Kier alpha value is -2.15. The molecule has 0 spiro atoms. The number of fused-ring (bicyclic) bond motifs is 1. The van der Waals surface area contributed by atoms with Crippen molar-refractivity contribution in [3.05, 3.63) is 64.8 Å². The molecule has 1 nitrogen and oxygen atoms in total. The fourth-order valence-electron chi connectivity index (χ4n) is 4.20. The maximum absolute atomic E-state index is 4.83. The highest BCUT2D eigenvalue weighted by Gasteiger charge is 2.19. The van der Waals surface area contributed by atoms with E-state index in [9.17, 15) is 0 Å². The van der Waals surface area contributed by atoms with Gasteiger partial charge >= 0.3 is 0 Å². The second-order valence-electron chi connectivity index (χ2n) is 10.9. The molecule has 0 saturated heterocycles. The van der Waals surface area contributed by atoms with Crippen LogP contribution in [-0.4, -0.2) is 4.98 Å². The van der Waals surface area contributed by atoms with Gasteiger partial charge in [0.15, 0.2) is 0 Å². The number of aromatic nitrogens is 1. The molecular formula is C27H35N. The van der Waals surface area contributed by atoms with Crippen LogP contribution in [0.15, 0.2) is 42.6 Å². The predicted molar refractivity (Wildman–Crippen MR) is 123 cm³/mol. The molecule has 1 heterocycles. The Kier molecular flexibility index (Phi) is 5.40. The summed E-state index contributed by atoms with van der Waals surface area (Å²) in [5.41, 5.74) is 8.26. The molecule has 1 aromatic heterocycles. The van der Waals surface area contributed by atoms with Crippen LogP contribution in [0.2, 0.25) is 0 Å². The lowest BCUT2D eigenvalue weighted by Gasteiger charge is -2.23. The van der Waals surface area contributed by atoms with Gasteiger partial charge in [-0.1, -0.05) is 64.8 Å². The molecule has 0 N–H and O–H groups in total. The molecule has 1 heteroatoms. The lowest BCUT2D eigenvalue weighted by atomic mass is 9.82. The first-order valence-electron chi connectivity index (χ1n) is 10.4. The van der Waals surface area contributed by atoms with E-state index in [-0.39, 0.29) is 10.8 Å². The van der Waals surface area contributed by atoms with Crippen molar-refractivity contribution in [2.24, 2.45) is 10.8 Å². The monoisotopic (exact) mass is 373 g/mol. The van der Waals surface area contributed by atoms with Crippen molar-refractivity contribution in [1.29, 1.82) is 0 Å². The van der Waals surface area contributed by atoms with E-state index in [0.29, 0.717) is 0 Å². The second-order valence-corrected chi connectivity index (χ2v) is 10.9. The number of aryl methyl sites for hydroxylation is 2. The normalized spacial score (nSPS) is 12.6. The average molecular weight is 374 g/mol. The zero-order valence-corrected chi connectivity index (χ0v) is 18.9. The van der Waals surface area contributed by atoms with Gasteiger partial charge in [-0.25, -0.2) is 0 Å². The number of nitrogens with zero attached hydrogens (tertiary/aromatic N) is 1. The largest absolute Gasteiger partial charge is 0.256 e. The van der Waals surface area contributed by atoms with Crippen molar-refractivity contribution < 1.29 is 0 Å². The fourth-order valence-corrected chi connectivity index (χ4v) is 4.20. The van der Waals surface area contributed by atoms with Crippen LogP contribution >= 0.6 is 0 Å². The Morgan fingerprint density at radius 2 is 1.32 bits per heavy atom. The van der Waals surface area contributed by atoms with Gasteiger partial charge in [0.2, 0.25) is 0 Å². The number of benzene rings is 2. The van der Waals surface area contributed by atoms with Crippen LogP contribution in [0.1, 0.15) is 63.8 Å². The van der Waals surface area contributed by atoms with Gasteiger partial charge < -0.3 is 0 Å². The number of pyridine rings is 1. The van der Waals surface area contributed by atoms with Crippen LogP contribution in [0, 0.1) is 24.7 Å². The molecule has 0 aliphatic carbocycles. The molecule has 3 aromatic rings. The first-order valence-corrected chi connectivity index (χ1v) is 10.4. The fraction of sp³-hybridized carbons (Fsp3) is 0.444. The Labute approximate surface area is 171 Å². The molecule has 0 bridgehead atoms. The van der Waals surface area contributed by atoms with Gasteiger partial charge in [0.1, 0.15) is 0 Å².